The largest absolute Gasteiger partial charge is 0.490 e. The highest BCUT2D eigenvalue weighted by atomic mass is 35.5. The summed E-state index contributed by atoms with van der Waals surface area (Å²) in [6, 6.07) is 17.9. The molecule has 220 valence electrons. The standard InChI is InChI=1S/C31H26Cl2N4O6/c32-25-15-19(17-35-28(25)33)30(39)36-20-6-8-21(9-7-20)42-22-10-12-23(13-11-22)43-27-14-5-18(16-34-27)29(38)37-26-4-2-1-3-24(26)31(40)41/h1-5,10-17,20-21H,6-9H2,(H,36,39)(H,37,38)(H,40,41). The van der Waals surface area contributed by atoms with Gasteiger partial charge in [0.25, 0.3) is 11.8 Å². The Labute approximate surface area is 257 Å². The second-order valence-corrected chi connectivity index (χ2v) is 10.6. The maximum Gasteiger partial charge on any atom is 0.337 e. The summed E-state index contributed by atoms with van der Waals surface area (Å²) in [5, 5.41) is 15.3. The molecule has 1 aliphatic carbocycles. The van der Waals surface area contributed by atoms with Crippen LogP contribution in [0.4, 0.5) is 5.69 Å². The number of hydrogen-bond acceptors (Lipinski definition) is 7. The van der Waals surface area contributed by atoms with E-state index in [0.29, 0.717) is 17.1 Å². The third-order valence-electron chi connectivity index (χ3n) is 6.82. The van der Waals surface area contributed by atoms with E-state index in [1.807, 2.05) is 12.1 Å². The molecule has 2 aromatic carbocycles. The summed E-state index contributed by atoms with van der Waals surface area (Å²) >= 11 is 11.8. The lowest BCUT2D eigenvalue weighted by atomic mass is 9.92. The number of pyridine rings is 2. The molecular formula is C31H26Cl2N4O6. The normalized spacial score (nSPS) is 16.1. The second-order valence-electron chi connectivity index (χ2n) is 9.83. The van der Waals surface area contributed by atoms with Crippen molar-refractivity contribution >= 4 is 46.7 Å². The van der Waals surface area contributed by atoms with Crippen LogP contribution < -0.4 is 20.1 Å². The first-order chi connectivity index (χ1) is 20.7. The Bertz CT molecular complexity index is 1620. The number of anilines is 1. The quantitative estimate of drug-likeness (QED) is 0.177. The molecule has 2 amide bonds. The Balaban J connectivity index is 1.08. The first-order valence-electron chi connectivity index (χ1n) is 13.4. The van der Waals surface area contributed by atoms with Gasteiger partial charge in [-0.25, -0.2) is 14.8 Å². The third-order valence-corrected chi connectivity index (χ3v) is 7.51. The number of carboxylic acids is 1. The number of para-hydroxylation sites is 1. The molecular weight excluding hydrogens is 595 g/mol. The van der Waals surface area contributed by atoms with Crippen LogP contribution in [0.25, 0.3) is 0 Å². The number of aromatic nitrogens is 2. The van der Waals surface area contributed by atoms with Crippen molar-refractivity contribution in [1.29, 1.82) is 0 Å². The van der Waals surface area contributed by atoms with Crippen molar-refractivity contribution in [1.82, 2.24) is 15.3 Å². The van der Waals surface area contributed by atoms with E-state index in [1.165, 1.54) is 30.6 Å². The molecule has 4 aromatic rings. The lowest BCUT2D eigenvalue weighted by Gasteiger charge is -2.29. The van der Waals surface area contributed by atoms with E-state index < -0.39 is 11.9 Å². The fourth-order valence-electron chi connectivity index (χ4n) is 4.59. The van der Waals surface area contributed by atoms with Gasteiger partial charge in [-0.1, -0.05) is 35.3 Å². The van der Waals surface area contributed by atoms with Gasteiger partial charge in [0.15, 0.2) is 0 Å². The van der Waals surface area contributed by atoms with E-state index in [1.54, 1.807) is 36.4 Å². The van der Waals surface area contributed by atoms with Gasteiger partial charge >= 0.3 is 5.97 Å². The molecule has 0 atom stereocenters. The molecule has 1 fully saturated rings. The van der Waals surface area contributed by atoms with Gasteiger partial charge in [-0.05, 0) is 74.2 Å². The Morgan fingerprint density at radius 3 is 2.19 bits per heavy atom. The number of benzene rings is 2. The predicted molar refractivity (Wildman–Crippen MR) is 161 cm³/mol. The highest BCUT2D eigenvalue weighted by molar-refractivity contribution is 6.41. The number of nitrogens with zero attached hydrogens (tertiary/aromatic N) is 2. The van der Waals surface area contributed by atoms with Gasteiger partial charge in [-0.3, -0.25) is 9.59 Å². The highest BCUT2D eigenvalue weighted by Crippen LogP contribution is 2.28. The van der Waals surface area contributed by atoms with Gasteiger partial charge in [-0.2, -0.15) is 0 Å². The number of aromatic carboxylic acids is 1. The molecule has 0 aliphatic heterocycles. The van der Waals surface area contributed by atoms with Crippen LogP contribution in [0.1, 0.15) is 56.8 Å². The average Bonchev–Trinajstić information content (AvgIpc) is 3.01. The number of halogens is 2. The number of nitrogens with one attached hydrogen (secondary N) is 2. The minimum absolute atomic E-state index is 0.00772. The summed E-state index contributed by atoms with van der Waals surface area (Å²) in [6.07, 6.45) is 5.90. The Morgan fingerprint density at radius 2 is 1.51 bits per heavy atom. The Morgan fingerprint density at radius 1 is 0.814 bits per heavy atom. The second kappa shape index (κ2) is 13.5. The molecule has 2 aromatic heterocycles. The first-order valence-corrected chi connectivity index (χ1v) is 14.2. The minimum Gasteiger partial charge on any atom is -0.490 e. The van der Waals surface area contributed by atoms with Crippen LogP contribution in [0.5, 0.6) is 17.4 Å². The monoisotopic (exact) mass is 620 g/mol. The smallest absolute Gasteiger partial charge is 0.337 e. The van der Waals surface area contributed by atoms with Gasteiger partial charge in [0.1, 0.15) is 16.7 Å². The number of carboxylic acid groups (broad SMARTS) is 1. The lowest BCUT2D eigenvalue weighted by Crippen LogP contribution is -2.39. The zero-order valence-corrected chi connectivity index (χ0v) is 24.1. The summed E-state index contributed by atoms with van der Waals surface area (Å²) in [7, 11) is 0. The first kappa shape index (κ1) is 29.8. The van der Waals surface area contributed by atoms with Crippen LogP contribution in [-0.2, 0) is 0 Å². The van der Waals surface area contributed by atoms with Gasteiger partial charge < -0.3 is 25.2 Å². The summed E-state index contributed by atoms with van der Waals surface area (Å²) in [5.41, 5.74) is 0.801. The van der Waals surface area contributed by atoms with E-state index in [-0.39, 0.29) is 50.9 Å². The molecule has 5 rings (SSSR count). The fraction of sp³-hybridized carbons (Fsp3) is 0.194. The van der Waals surface area contributed by atoms with E-state index in [2.05, 4.69) is 20.6 Å². The molecule has 43 heavy (non-hydrogen) atoms. The van der Waals surface area contributed by atoms with Crippen LogP contribution in [0.3, 0.4) is 0 Å². The molecule has 0 unspecified atom stereocenters. The van der Waals surface area contributed by atoms with Crippen molar-refractivity contribution < 1.29 is 29.0 Å². The molecule has 1 saturated carbocycles. The van der Waals surface area contributed by atoms with Crippen LogP contribution in [0, 0.1) is 0 Å². The number of hydrogen-bond donors (Lipinski definition) is 3. The van der Waals surface area contributed by atoms with Gasteiger partial charge in [-0.15, -0.1) is 0 Å². The van der Waals surface area contributed by atoms with E-state index in [4.69, 9.17) is 32.7 Å². The number of carbonyl (C=O) groups is 3. The summed E-state index contributed by atoms with van der Waals surface area (Å²) in [6.45, 7) is 0. The molecule has 0 radical (unpaired) electrons. The van der Waals surface area contributed by atoms with Crippen molar-refractivity contribution in [3.63, 3.8) is 0 Å². The Hall–Kier alpha value is -4.67. The van der Waals surface area contributed by atoms with Crippen molar-refractivity contribution in [3.05, 3.63) is 106 Å². The molecule has 10 nitrogen and oxygen atoms in total. The zero-order chi connectivity index (χ0) is 30.3. The number of ether oxygens (including phenoxy) is 2. The van der Waals surface area contributed by atoms with Crippen LogP contribution in [-0.4, -0.2) is 45.0 Å². The van der Waals surface area contributed by atoms with Crippen LogP contribution in [0.2, 0.25) is 10.2 Å². The average molecular weight is 621 g/mol. The van der Waals surface area contributed by atoms with Crippen molar-refractivity contribution in [2.45, 2.75) is 37.8 Å². The molecule has 3 N–H and O–H groups in total. The highest BCUT2D eigenvalue weighted by Gasteiger charge is 2.24. The molecule has 0 bridgehead atoms. The molecule has 1 aliphatic rings. The number of carbonyl (C=O) groups excluding carboxylic acids is 2. The zero-order valence-electron chi connectivity index (χ0n) is 22.6. The van der Waals surface area contributed by atoms with Crippen molar-refractivity contribution in [2.24, 2.45) is 0 Å². The van der Waals surface area contributed by atoms with Gasteiger partial charge in [0, 0.05) is 24.5 Å². The Kier molecular flexibility index (Phi) is 9.38. The van der Waals surface area contributed by atoms with Crippen molar-refractivity contribution in [3.8, 4) is 17.4 Å². The SMILES string of the molecule is O=C(Nc1ccccc1C(=O)O)c1ccc(Oc2ccc(OC3CCC(NC(=O)c4cnc(Cl)c(Cl)c4)CC3)cc2)nc1. The maximum absolute atomic E-state index is 12.6. The minimum atomic E-state index is -1.14. The fourth-order valence-corrected chi connectivity index (χ4v) is 4.86. The third kappa shape index (κ3) is 7.79. The van der Waals surface area contributed by atoms with Crippen LogP contribution >= 0.6 is 23.2 Å². The van der Waals surface area contributed by atoms with E-state index in [0.717, 1.165) is 25.7 Å². The van der Waals surface area contributed by atoms with E-state index >= 15 is 0 Å². The summed E-state index contributed by atoms with van der Waals surface area (Å²) in [4.78, 5) is 44.6. The van der Waals surface area contributed by atoms with E-state index in [9.17, 15) is 19.5 Å². The molecule has 0 saturated heterocycles. The molecule has 12 heteroatoms. The maximum atomic E-state index is 12.6. The lowest BCUT2D eigenvalue weighted by molar-refractivity contribution is 0.0697. The van der Waals surface area contributed by atoms with Gasteiger partial charge in [0.2, 0.25) is 5.88 Å². The van der Waals surface area contributed by atoms with Crippen molar-refractivity contribution in [2.75, 3.05) is 5.32 Å². The van der Waals surface area contributed by atoms with Crippen LogP contribution in [0.15, 0.2) is 79.1 Å². The summed E-state index contributed by atoms with van der Waals surface area (Å²) in [5.74, 6) is -0.344. The molecule has 2 heterocycles. The predicted octanol–water partition coefficient (Wildman–Crippen LogP) is 6.65. The number of rotatable bonds is 9. The summed E-state index contributed by atoms with van der Waals surface area (Å²) < 4.78 is 11.9. The molecule has 0 spiro atoms. The number of amides is 2. The topological polar surface area (TPSA) is 140 Å². The van der Waals surface area contributed by atoms with Gasteiger partial charge in [0.05, 0.1) is 33.5 Å².